The molecule has 0 unspecified atom stereocenters. The number of nitrogens with zero attached hydrogens (tertiary/aromatic N) is 1. The van der Waals surface area contributed by atoms with Gasteiger partial charge in [0.15, 0.2) is 20.5 Å². The maximum Gasteiger partial charge on any atom is 0.384 e. The Morgan fingerprint density at radius 3 is 2.59 bits per heavy atom. The molecule has 22 heavy (non-hydrogen) atoms. The number of hydrogen-bond donors (Lipinski definition) is 0. The van der Waals surface area contributed by atoms with Crippen LogP contribution in [0.4, 0.5) is 0 Å². The topological polar surface area (TPSA) is 61.8 Å². The normalized spacial score (nSPS) is 45.2. The molecule has 0 aromatic carbocycles. The van der Waals surface area contributed by atoms with E-state index in [9.17, 15) is 0 Å². The number of hydrogen-bond acceptors (Lipinski definition) is 6. The summed E-state index contributed by atoms with van der Waals surface area (Å²) in [6.07, 6.45) is -0.0445. The summed E-state index contributed by atoms with van der Waals surface area (Å²) in [6, 6.07) is -0.0183. The van der Waals surface area contributed by atoms with Crippen molar-refractivity contribution < 1.29 is 23.4 Å². The average molecular weight is 327 g/mol. The highest BCUT2D eigenvalue weighted by molar-refractivity contribution is 6.74. The lowest BCUT2D eigenvalue weighted by molar-refractivity contribution is -0.106. The number of ether oxygens (including phenoxy) is 4. The second kappa shape index (κ2) is 4.26. The van der Waals surface area contributed by atoms with Crippen LogP contribution in [-0.2, 0) is 23.4 Å². The minimum Gasteiger partial charge on any atom is -0.451 e. The van der Waals surface area contributed by atoms with Crippen molar-refractivity contribution in [2.45, 2.75) is 82.1 Å². The van der Waals surface area contributed by atoms with Crippen molar-refractivity contribution in [2.24, 2.45) is 4.99 Å². The van der Waals surface area contributed by atoms with Gasteiger partial charge in [-0.3, -0.25) is 0 Å². The van der Waals surface area contributed by atoms with Crippen LogP contribution in [-0.4, -0.2) is 57.3 Å². The van der Waals surface area contributed by atoms with Gasteiger partial charge in [0.25, 0.3) is 0 Å². The first-order valence-electron chi connectivity index (χ1n) is 8.10. The van der Waals surface area contributed by atoms with E-state index in [4.69, 9.17) is 23.4 Å². The zero-order valence-electron chi connectivity index (χ0n) is 14.1. The minimum absolute atomic E-state index is 0.0128. The molecule has 124 valence electrons. The summed E-state index contributed by atoms with van der Waals surface area (Å²) in [4.78, 5) is 4.50. The van der Waals surface area contributed by atoms with Gasteiger partial charge in [0.2, 0.25) is 5.79 Å². The molecule has 0 spiro atoms. The molecule has 6 atom stereocenters. The second-order valence-corrected chi connectivity index (χ2v) is 12.8. The van der Waals surface area contributed by atoms with Crippen LogP contribution >= 0.6 is 0 Å². The molecule has 4 heterocycles. The molecule has 0 N–H and O–H groups in total. The SMILES string of the molecule is CCOC1=N[C@H]2[C@H]3O[C@@H]([C@H]2O1)[C@]1(O[Si](C)(C)C(C)(C)C)O[C@H]31. The first-order chi connectivity index (χ1) is 10.2. The lowest BCUT2D eigenvalue weighted by atomic mass is 9.91. The predicted molar refractivity (Wildman–Crippen MR) is 82.3 cm³/mol. The molecule has 6 nitrogen and oxygen atoms in total. The van der Waals surface area contributed by atoms with Gasteiger partial charge < -0.3 is 23.4 Å². The molecular formula is C15H25NO5Si. The van der Waals surface area contributed by atoms with Crippen LogP contribution in [0.25, 0.3) is 0 Å². The summed E-state index contributed by atoms with van der Waals surface area (Å²) in [5, 5.41) is 0.128. The van der Waals surface area contributed by atoms with Crippen molar-refractivity contribution in [3.05, 3.63) is 0 Å². The third kappa shape index (κ3) is 1.79. The van der Waals surface area contributed by atoms with E-state index in [1.165, 1.54) is 0 Å². The molecule has 2 bridgehead atoms. The van der Waals surface area contributed by atoms with Crippen LogP contribution in [0.5, 0.6) is 0 Å². The smallest absolute Gasteiger partial charge is 0.384 e. The Morgan fingerprint density at radius 1 is 1.23 bits per heavy atom. The zero-order valence-corrected chi connectivity index (χ0v) is 15.1. The molecular weight excluding hydrogens is 302 g/mol. The van der Waals surface area contributed by atoms with Crippen LogP contribution in [0.1, 0.15) is 27.7 Å². The number of epoxide rings is 1. The van der Waals surface area contributed by atoms with Gasteiger partial charge >= 0.3 is 6.08 Å². The third-order valence-electron chi connectivity index (χ3n) is 5.60. The van der Waals surface area contributed by atoms with E-state index in [1.807, 2.05) is 6.92 Å². The van der Waals surface area contributed by atoms with Crippen LogP contribution in [0.3, 0.4) is 0 Å². The van der Waals surface area contributed by atoms with Gasteiger partial charge in [0.05, 0.1) is 6.61 Å². The van der Waals surface area contributed by atoms with Gasteiger partial charge in [-0.15, -0.1) is 0 Å². The van der Waals surface area contributed by atoms with Gasteiger partial charge in [-0.1, -0.05) is 20.8 Å². The van der Waals surface area contributed by atoms with E-state index in [0.29, 0.717) is 12.7 Å². The molecule has 0 amide bonds. The second-order valence-electron chi connectivity index (χ2n) is 8.04. The Labute approximate surface area is 132 Å². The van der Waals surface area contributed by atoms with Gasteiger partial charge in [-0.25, -0.2) is 4.99 Å². The zero-order chi connectivity index (χ0) is 15.9. The maximum atomic E-state index is 6.58. The van der Waals surface area contributed by atoms with E-state index in [2.05, 4.69) is 38.9 Å². The van der Waals surface area contributed by atoms with E-state index < -0.39 is 14.1 Å². The van der Waals surface area contributed by atoms with Crippen LogP contribution in [0.15, 0.2) is 4.99 Å². The fourth-order valence-corrected chi connectivity index (χ4v) is 4.77. The summed E-state index contributed by atoms with van der Waals surface area (Å²) in [5.74, 6) is -0.619. The van der Waals surface area contributed by atoms with Crippen molar-refractivity contribution in [1.82, 2.24) is 0 Å². The fourth-order valence-electron chi connectivity index (χ4n) is 3.39. The van der Waals surface area contributed by atoms with E-state index >= 15 is 0 Å². The van der Waals surface area contributed by atoms with Crippen molar-refractivity contribution in [3.8, 4) is 0 Å². The van der Waals surface area contributed by atoms with Crippen molar-refractivity contribution in [3.63, 3.8) is 0 Å². The molecule has 4 rings (SSSR count). The Morgan fingerprint density at radius 2 is 1.95 bits per heavy atom. The van der Waals surface area contributed by atoms with Crippen molar-refractivity contribution in [1.29, 1.82) is 0 Å². The van der Waals surface area contributed by atoms with Crippen molar-refractivity contribution >= 4 is 14.4 Å². The maximum absolute atomic E-state index is 6.58. The van der Waals surface area contributed by atoms with Gasteiger partial charge in [0.1, 0.15) is 18.2 Å². The van der Waals surface area contributed by atoms with Crippen LogP contribution in [0, 0.1) is 0 Å². The fraction of sp³-hybridized carbons (Fsp3) is 0.933. The first kappa shape index (κ1) is 14.9. The summed E-state index contributed by atoms with van der Waals surface area (Å²) < 4.78 is 29.9. The third-order valence-corrected chi connectivity index (χ3v) is 10.0. The average Bonchev–Trinajstić information content (AvgIpc) is 2.71. The Bertz CT molecular complexity index is 531. The van der Waals surface area contributed by atoms with Gasteiger partial charge in [0, 0.05) is 0 Å². The molecule has 0 saturated carbocycles. The highest BCUT2D eigenvalue weighted by atomic mass is 28.4. The molecule has 0 aromatic rings. The van der Waals surface area contributed by atoms with Crippen LogP contribution in [0.2, 0.25) is 18.1 Å². The Kier molecular flexibility index (Phi) is 2.89. The number of rotatable bonds is 3. The molecule has 7 heteroatoms. The standard InChI is InChI=1S/C15H25NO5Si/c1-7-17-13-16-8-9(19-13)11-15(12(20-15)10(8)18-11)21-22(5,6)14(2,3)4/h8-12H,7H2,1-6H3/t8-,9+,10-,11+,12-,15-/m1/s1. The van der Waals surface area contributed by atoms with Gasteiger partial charge in [-0.2, -0.15) is 0 Å². The van der Waals surface area contributed by atoms with E-state index in [-0.39, 0.29) is 35.5 Å². The highest BCUT2D eigenvalue weighted by Gasteiger charge is 2.83. The summed E-state index contributed by atoms with van der Waals surface area (Å²) in [5.41, 5.74) is 0. The largest absolute Gasteiger partial charge is 0.451 e. The molecule has 3 saturated heterocycles. The van der Waals surface area contributed by atoms with Gasteiger partial charge in [-0.05, 0) is 25.1 Å². The number of aliphatic imine (C=N–C) groups is 1. The summed E-state index contributed by atoms with van der Waals surface area (Å²) in [6.45, 7) is 13.6. The Balaban J connectivity index is 1.54. The molecule has 3 fully saturated rings. The molecule has 0 radical (unpaired) electrons. The van der Waals surface area contributed by atoms with E-state index in [1.54, 1.807) is 0 Å². The molecule has 4 aliphatic rings. The Hall–Kier alpha value is -0.633. The van der Waals surface area contributed by atoms with Crippen LogP contribution < -0.4 is 0 Å². The molecule has 4 aliphatic heterocycles. The summed E-state index contributed by atoms with van der Waals surface area (Å²) in [7, 11) is -1.94. The van der Waals surface area contributed by atoms with Crippen molar-refractivity contribution in [2.75, 3.05) is 6.61 Å². The monoisotopic (exact) mass is 327 g/mol. The van der Waals surface area contributed by atoms with E-state index in [0.717, 1.165) is 0 Å². The quantitative estimate of drug-likeness (QED) is 0.586. The molecule has 0 aliphatic carbocycles. The molecule has 0 aromatic heterocycles. The lowest BCUT2D eigenvalue weighted by Gasteiger charge is -2.39. The number of fused-ring (bicyclic) bond motifs is 8. The lowest BCUT2D eigenvalue weighted by Crippen LogP contribution is -2.54. The summed E-state index contributed by atoms with van der Waals surface area (Å²) >= 11 is 0. The first-order valence-corrected chi connectivity index (χ1v) is 11.0. The minimum atomic E-state index is -1.94. The predicted octanol–water partition coefficient (Wildman–Crippen LogP) is 2.04. The highest BCUT2D eigenvalue weighted by Crippen LogP contribution is 2.62.